The molecule has 78 valence electrons. The Morgan fingerprint density at radius 2 is 2.21 bits per heavy atom. The lowest BCUT2D eigenvalue weighted by molar-refractivity contribution is 0.282. The molecule has 0 fully saturated rings. The average molecular weight is 235 g/mol. The van der Waals surface area contributed by atoms with Crippen LogP contribution in [0.3, 0.4) is 0 Å². The van der Waals surface area contributed by atoms with Gasteiger partial charge in [0.2, 0.25) is 0 Å². The first kappa shape index (κ1) is 11.6. The van der Waals surface area contributed by atoms with E-state index in [0.717, 1.165) is 0 Å². The van der Waals surface area contributed by atoms with E-state index in [1.165, 1.54) is 0 Å². The summed E-state index contributed by atoms with van der Waals surface area (Å²) in [7, 11) is 0. The van der Waals surface area contributed by atoms with Gasteiger partial charge in [0.1, 0.15) is 11.0 Å². The summed E-state index contributed by atoms with van der Waals surface area (Å²) in [4.78, 5) is 4.04. The Morgan fingerprint density at radius 3 is 2.86 bits per heavy atom. The molecule has 0 saturated heterocycles. The second kappa shape index (κ2) is 5.39. The third kappa shape index (κ3) is 3.33. The predicted molar refractivity (Wildman–Crippen MR) is 59.0 cm³/mol. The van der Waals surface area contributed by atoms with Crippen LogP contribution >= 0.6 is 23.2 Å². The zero-order chi connectivity index (χ0) is 10.6. The van der Waals surface area contributed by atoms with E-state index in [-0.39, 0.29) is 12.6 Å². The van der Waals surface area contributed by atoms with Crippen LogP contribution in [0.1, 0.15) is 13.3 Å². The Morgan fingerprint density at radius 1 is 1.50 bits per heavy atom. The van der Waals surface area contributed by atoms with E-state index in [2.05, 4.69) is 10.3 Å². The number of hydrogen-bond donors (Lipinski definition) is 2. The third-order valence-corrected chi connectivity index (χ3v) is 2.27. The van der Waals surface area contributed by atoms with Crippen molar-refractivity contribution >= 4 is 29.0 Å². The Hall–Kier alpha value is -0.510. The molecule has 14 heavy (non-hydrogen) atoms. The lowest BCUT2D eigenvalue weighted by atomic mass is 10.2. The van der Waals surface area contributed by atoms with Crippen LogP contribution < -0.4 is 5.32 Å². The van der Waals surface area contributed by atoms with Crippen LogP contribution in [0, 0.1) is 0 Å². The number of nitrogens with one attached hydrogen (secondary N) is 1. The zero-order valence-corrected chi connectivity index (χ0v) is 9.31. The molecule has 0 bridgehead atoms. The van der Waals surface area contributed by atoms with Gasteiger partial charge in [0, 0.05) is 12.6 Å². The van der Waals surface area contributed by atoms with Gasteiger partial charge in [-0.2, -0.15) is 0 Å². The minimum absolute atomic E-state index is 0.114. The second-order valence-corrected chi connectivity index (χ2v) is 3.82. The van der Waals surface area contributed by atoms with Crippen molar-refractivity contribution in [1.29, 1.82) is 0 Å². The van der Waals surface area contributed by atoms with Crippen LogP contribution in [0.5, 0.6) is 0 Å². The number of aliphatic hydroxyl groups is 1. The van der Waals surface area contributed by atoms with Crippen molar-refractivity contribution in [2.45, 2.75) is 19.4 Å². The fraction of sp³-hybridized carbons (Fsp3) is 0.444. The molecule has 0 aliphatic heterocycles. The number of aromatic nitrogens is 1. The average Bonchev–Trinajstić information content (AvgIpc) is 2.12. The maximum absolute atomic E-state index is 8.72. The number of nitrogens with zero attached hydrogens (tertiary/aromatic N) is 1. The van der Waals surface area contributed by atoms with Gasteiger partial charge in [-0.1, -0.05) is 23.2 Å². The first-order chi connectivity index (χ1) is 6.63. The summed E-state index contributed by atoms with van der Waals surface area (Å²) < 4.78 is 0. The number of halogens is 2. The molecule has 1 aromatic rings. The SMILES string of the molecule is C[C@@H](CCO)Nc1nc(Cl)ccc1Cl. The van der Waals surface area contributed by atoms with Gasteiger partial charge in [-0.25, -0.2) is 4.98 Å². The topological polar surface area (TPSA) is 45.1 Å². The molecular formula is C9H12Cl2N2O. The summed E-state index contributed by atoms with van der Waals surface area (Å²) in [6.07, 6.45) is 0.643. The summed E-state index contributed by atoms with van der Waals surface area (Å²) in [6.45, 7) is 2.07. The van der Waals surface area contributed by atoms with E-state index in [9.17, 15) is 0 Å². The standard InChI is InChI=1S/C9H12Cl2N2O/c1-6(4-5-14)12-9-7(10)2-3-8(11)13-9/h2-3,6,14H,4-5H2,1H3,(H,12,13)/t6-/m0/s1. The molecule has 1 atom stereocenters. The van der Waals surface area contributed by atoms with E-state index >= 15 is 0 Å². The van der Waals surface area contributed by atoms with Crippen LogP contribution in [0.15, 0.2) is 12.1 Å². The zero-order valence-electron chi connectivity index (χ0n) is 7.80. The Balaban J connectivity index is 2.70. The summed E-state index contributed by atoms with van der Waals surface area (Å²) in [5.74, 6) is 0.556. The Kier molecular flexibility index (Phi) is 4.45. The highest BCUT2D eigenvalue weighted by Crippen LogP contribution is 2.22. The van der Waals surface area contributed by atoms with Crippen molar-refractivity contribution in [1.82, 2.24) is 4.98 Å². The molecule has 0 aromatic carbocycles. The molecule has 0 unspecified atom stereocenters. The number of anilines is 1. The first-order valence-corrected chi connectivity index (χ1v) is 5.08. The summed E-state index contributed by atoms with van der Waals surface area (Å²) in [5.41, 5.74) is 0. The number of aliphatic hydroxyl groups excluding tert-OH is 1. The van der Waals surface area contributed by atoms with Crippen LogP contribution in [0.2, 0.25) is 10.2 Å². The van der Waals surface area contributed by atoms with Crippen LogP contribution in [0.25, 0.3) is 0 Å². The molecule has 2 N–H and O–H groups in total. The first-order valence-electron chi connectivity index (χ1n) is 4.33. The van der Waals surface area contributed by atoms with Gasteiger partial charge >= 0.3 is 0 Å². The molecule has 0 spiro atoms. The molecule has 1 rings (SSSR count). The number of rotatable bonds is 4. The maximum atomic E-state index is 8.72. The second-order valence-electron chi connectivity index (χ2n) is 3.02. The van der Waals surface area contributed by atoms with Crippen LogP contribution in [-0.2, 0) is 0 Å². The highest BCUT2D eigenvalue weighted by atomic mass is 35.5. The molecule has 0 amide bonds. The minimum Gasteiger partial charge on any atom is -0.396 e. The van der Waals surface area contributed by atoms with Crippen molar-refractivity contribution in [3.05, 3.63) is 22.3 Å². The van der Waals surface area contributed by atoms with Gasteiger partial charge < -0.3 is 10.4 Å². The molecule has 5 heteroatoms. The van der Waals surface area contributed by atoms with Gasteiger partial charge in [0.25, 0.3) is 0 Å². The molecule has 3 nitrogen and oxygen atoms in total. The van der Waals surface area contributed by atoms with E-state index in [1.807, 2.05) is 6.92 Å². The van der Waals surface area contributed by atoms with Crippen LogP contribution in [-0.4, -0.2) is 22.7 Å². The van der Waals surface area contributed by atoms with Crippen molar-refractivity contribution in [2.75, 3.05) is 11.9 Å². The monoisotopic (exact) mass is 234 g/mol. The Bertz CT molecular complexity index is 307. The van der Waals surface area contributed by atoms with Gasteiger partial charge in [0.15, 0.2) is 0 Å². The van der Waals surface area contributed by atoms with E-state index in [0.29, 0.717) is 22.4 Å². The quantitative estimate of drug-likeness (QED) is 0.788. The fourth-order valence-corrected chi connectivity index (χ4v) is 1.33. The van der Waals surface area contributed by atoms with E-state index < -0.39 is 0 Å². The van der Waals surface area contributed by atoms with Crippen molar-refractivity contribution in [2.24, 2.45) is 0 Å². The molecule has 0 radical (unpaired) electrons. The molecule has 1 heterocycles. The molecule has 0 saturated carbocycles. The van der Waals surface area contributed by atoms with Crippen molar-refractivity contribution < 1.29 is 5.11 Å². The van der Waals surface area contributed by atoms with Gasteiger partial charge in [0.05, 0.1) is 5.02 Å². The van der Waals surface area contributed by atoms with Gasteiger partial charge in [-0.3, -0.25) is 0 Å². The molecular weight excluding hydrogens is 223 g/mol. The molecule has 0 aliphatic rings. The predicted octanol–water partition coefficient (Wildman–Crippen LogP) is 2.57. The minimum atomic E-state index is 0.114. The van der Waals surface area contributed by atoms with Crippen LogP contribution in [0.4, 0.5) is 5.82 Å². The van der Waals surface area contributed by atoms with E-state index in [1.54, 1.807) is 12.1 Å². The van der Waals surface area contributed by atoms with Gasteiger partial charge in [-0.05, 0) is 25.5 Å². The number of hydrogen-bond acceptors (Lipinski definition) is 3. The lowest BCUT2D eigenvalue weighted by Gasteiger charge is -2.14. The lowest BCUT2D eigenvalue weighted by Crippen LogP contribution is -2.17. The normalized spacial score (nSPS) is 12.6. The molecule has 0 aliphatic carbocycles. The highest BCUT2D eigenvalue weighted by molar-refractivity contribution is 6.34. The highest BCUT2D eigenvalue weighted by Gasteiger charge is 2.06. The van der Waals surface area contributed by atoms with Gasteiger partial charge in [-0.15, -0.1) is 0 Å². The largest absolute Gasteiger partial charge is 0.396 e. The summed E-state index contributed by atoms with van der Waals surface area (Å²) in [6, 6.07) is 3.43. The summed E-state index contributed by atoms with van der Waals surface area (Å²) >= 11 is 11.6. The smallest absolute Gasteiger partial charge is 0.146 e. The maximum Gasteiger partial charge on any atom is 0.146 e. The number of pyridine rings is 1. The fourth-order valence-electron chi connectivity index (χ4n) is 1.02. The Labute approximate surface area is 93.1 Å². The van der Waals surface area contributed by atoms with Crippen molar-refractivity contribution in [3.63, 3.8) is 0 Å². The van der Waals surface area contributed by atoms with Crippen molar-refractivity contribution in [3.8, 4) is 0 Å². The van der Waals surface area contributed by atoms with E-state index in [4.69, 9.17) is 28.3 Å². The molecule has 1 aromatic heterocycles. The third-order valence-electron chi connectivity index (χ3n) is 1.76. The summed E-state index contributed by atoms with van der Waals surface area (Å²) in [5, 5.41) is 12.7.